The largest absolute Gasteiger partial charge is 0.497 e. The lowest BCUT2D eigenvalue weighted by atomic mass is 9.83. The number of benzene rings is 1. The van der Waals surface area contributed by atoms with Crippen molar-refractivity contribution in [3.63, 3.8) is 0 Å². The molecule has 1 aliphatic carbocycles. The summed E-state index contributed by atoms with van der Waals surface area (Å²) in [6, 6.07) is 5.96. The molecule has 0 heterocycles. The number of nitrogens with two attached hydrogens (primary N) is 1. The molecule has 0 bridgehead atoms. The van der Waals surface area contributed by atoms with Crippen LogP contribution in [0.5, 0.6) is 11.5 Å². The molecule has 0 aliphatic heterocycles. The molecule has 1 aromatic carbocycles. The van der Waals surface area contributed by atoms with E-state index in [-0.39, 0.29) is 6.04 Å². The molecular weight excluding hydrogens is 252 g/mol. The van der Waals surface area contributed by atoms with Crippen LogP contribution in [0.15, 0.2) is 18.2 Å². The van der Waals surface area contributed by atoms with Crippen molar-refractivity contribution in [2.75, 3.05) is 27.3 Å². The van der Waals surface area contributed by atoms with Crippen LogP contribution in [0.1, 0.15) is 37.3 Å². The summed E-state index contributed by atoms with van der Waals surface area (Å²) >= 11 is 0. The Bertz CT molecular complexity index is 419. The molecule has 2 rings (SSSR count). The molecule has 0 amide bonds. The van der Waals surface area contributed by atoms with E-state index in [1.165, 1.54) is 25.7 Å². The molecule has 20 heavy (non-hydrogen) atoms. The number of rotatable bonds is 8. The number of nitrogens with one attached hydrogen (secondary N) is 1. The van der Waals surface area contributed by atoms with Crippen molar-refractivity contribution in [1.29, 1.82) is 0 Å². The SMILES string of the molecule is COc1ccc(OC)c(C(CN)NCCC2CCC2)c1. The molecule has 0 aromatic heterocycles. The van der Waals surface area contributed by atoms with Crippen LogP contribution in [-0.4, -0.2) is 27.3 Å². The van der Waals surface area contributed by atoms with Crippen molar-refractivity contribution in [2.45, 2.75) is 31.7 Å². The highest BCUT2D eigenvalue weighted by Gasteiger charge is 2.19. The van der Waals surface area contributed by atoms with Crippen molar-refractivity contribution in [2.24, 2.45) is 11.7 Å². The summed E-state index contributed by atoms with van der Waals surface area (Å²) in [6.45, 7) is 1.56. The Balaban J connectivity index is 2.00. The maximum Gasteiger partial charge on any atom is 0.123 e. The zero-order valence-corrected chi connectivity index (χ0v) is 12.5. The molecule has 112 valence electrons. The van der Waals surface area contributed by atoms with Gasteiger partial charge in [0.15, 0.2) is 0 Å². The summed E-state index contributed by atoms with van der Waals surface area (Å²) in [6.07, 6.45) is 5.41. The number of hydrogen-bond donors (Lipinski definition) is 2. The average molecular weight is 278 g/mol. The molecule has 0 saturated heterocycles. The molecule has 0 spiro atoms. The van der Waals surface area contributed by atoms with Crippen LogP contribution in [0.4, 0.5) is 0 Å². The lowest BCUT2D eigenvalue weighted by Crippen LogP contribution is -2.31. The second-order valence-electron chi connectivity index (χ2n) is 5.44. The Labute approximate surface area is 121 Å². The smallest absolute Gasteiger partial charge is 0.123 e. The van der Waals surface area contributed by atoms with Gasteiger partial charge in [-0.3, -0.25) is 0 Å². The van der Waals surface area contributed by atoms with Crippen LogP contribution in [0.3, 0.4) is 0 Å². The van der Waals surface area contributed by atoms with Gasteiger partial charge in [0.2, 0.25) is 0 Å². The van der Waals surface area contributed by atoms with E-state index in [2.05, 4.69) is 5.32 Å². The Hall–Kier alpha value is -1.26. The highest BCUT2D eigenvalue weighted by Crippen LogP contribution is 2.31. The van der Waals surface area contributed by atoms with Crippen molar-refractivity contribution < 1.29 is 9.47 Å². The summed E-state index contributed by atoms with van der Waals surface area (Å²) in [5, 5.41) is 3.55. The van der Waals surface area contributed by atoms with Crippen molar-refractivity contribution >= 4 is 0 Å². The maximum atomic E-state index is 5.92. The van der Waals surface area contributed by atoms with E-state index in [1.807, 2.05) is 18.2 Å². The Morgan fingerprint density at radius 3 is 2.65 bits per heavy atom. The normalized spacial score (nSPS) is 16.6. The van der Waals surface area contributed by atoms with Gasteiger partial charge < -0.3 is 20.5 Å². The van der Waals surface area contributed by atoms with E-state index in [0.717, 1.165) is 29.5 Å². The van der Waals surface area contributed by atoms with Gasteiger partial charge in [-0.05, 0) is 37.1 Å². The molecule has 0 radical (unpaired) electrons. The Kier molecular flexibility index (Phi) is 5.68. The number of hydrogen-bond acceptors (Lipinski definition) is 4. The molecular formula is C16H26N2O2. The lowest BCUT2D eigenvalue weighted by molar-refractivity contribution is 0.287. The summed E-state index contributed by atoms with van der Waals surface area (Å²) in [4.78, 5) is 0. The lowest BCUT2D eigenvalue weighted by Gasteiger charge is -2.27. The van der Waals surface area contributed by atoms with E-state index in [9.17, 15) is 0 Å². The van der Waals surface area contributed by atoms with Crippen LogP contribution in [0.25, 0.3) is 0 Å². The van der Waals surface area contributed by atoms with Crippen LogP contribution in [0, 0.1) is 5.92 Å². The summed E-state index contributed by atoms with van der Waals surface area (Å²) in [5.74, 6) is 2.60. The molecule has 1 aromatic rings. The number of methoxy groups -OCH3 is 2. The van der Waals surface area contributed by atoms with Gasteiger partial charge in [0, 0.05) is 18.2 Å². The zero-order valence-electron chi connectivity index (χ0n) is 12.5. The van der Waals surface area contributed by atoms with Crippen molar-refractivity contribution in [3.8, 4) is 11.5 Å². The topological polar surface area (TPSA) is 56.5 Å². The predicted molar refractivity (Wildman–Crippen MR) is 81.3 cm³/mol. The third-order valence-electron chi connectivity index (χ3n) is 4.22. The first-order valence-electron chi connectivity index (χ1n) is 7.43. The standard InChI is InChI=1S/C16H26N2O2/c1-19-13-6-7-16(20-2)14(10-13)15(11-17)18-9-8-12-4-3-5-12/h6-7,10,12,15,18H,3-5,8-9,11,17H2,1-2H3. The first-order valence-corrected chi connectivity index (χ1v) is 7.43. The fourth-order valence-corrected chi connectivity index (χ4v) is 2.68. The molecule has 3 N–H and O–H groups in total. The van der Waals surface area contributed by atoms with Gasteiger partial charge in [0.05, 0.1) is 14.2 Å². The highest BCUT2D eigenvalue weighted by atomic mass is 16.5. The van der Waals surface area contributed by atoms with Gasteiger partial charge in [-0.15, -0.1) is 0 Å². The van der Waals surface area contributed by atoms with Crippen molar-refractivity contribution in [3.05, 3.63) is 23.8 Å². The van der Waals surface area contributed by atoms with Crippen LogP contribution >= 0.6 is 0 Å². The fourth-order valence-electron chi connectivity index (χ4n) is 2.68. The number of ether oxygens (including phenoxy) is 2. The average Bonchev–Trinajstić information content (AvgIpc) is 2.45. The molecule has 4 nitrogen and oxygen atoms in total. The summed E-state index contributed by atoms with van der Waals surface area (Å²) in [5.41, 5.74) is 7.00. The third kappa shape index (κ3) is 3.64. The molecule has 1 atom stereocenters. The molecule has 1 saturated carbocycles. The van der Waals surface area contributed by atoms with Gasteiger partial charge in [0.1, 0.15) is 11.5 Å². The molecule has 1 aliphatic rings. The third-order valence-corrected chi connectivity index (χ3v) is 4.22. The summed E-state index contributed by atoms with van der Waals surface area (Å²) in [7, 11) is 3.36. The quantitative estimate of drug-likeness (QED) is 0.767. The van der Waals surface area contributed by atoms with Gasteiger partial charge in [-0.25, -0.2) is 0 Å². The zero-order chi connectivity index (χ0) is 14.4. The molecule has 4 heteroatoms. The first-order chi connectivity index (χ1) is 9.78. The van der Waals surface area contributed by atoms with E-state index in [4.69, 9.17) is 15.2 Å². The minimum Gasteiger partial charge on any atom is -0.497 e. The minimum absolute atomic E-state index is 0.111. The maximum absolute atomic E-state index is 5.92. The Morgan fingerprint density at radius 2 is 2.10 bits per heavy atom. The van der Waals surface area contributed by atoms with Gasteiger partial charge in [-0.1, -0.05) is 19.3 Å². The monoisotopic (exact) mass is 278 g/mol. The van der Waals surface area contributed by atoms with Crippen molar-refractivity contribution in [1.82, 2.24) is 5.32 Å². The van der Waals surface area contributed by atoms with E-state index >= 15 is 0 Å². The molecule has 1 unspecified atom stereocenters. The highest BCUT2D eigenvalue weighted by molar-refractivity contribution is 5.42. The van der Waals surface area contributed by atoms with Crippen LogP contribution in [-0.2, 0) is 0 Å². The van der Waals surface area contributed by atoms with E-state index in [0.29, 0.717) is 6.54 Å². The van der Waals surface area contributed by atoms with Gasteiger partial charge in [-0.2, -0.15) is 0 Å². The molecule has 1 fully saturated rings. The minimum atomic E-state index is 0.111. The van der Waals surface area contributed by atoms with Crippen LogP contribution in [0.2, 0.25) is 0 Å². The Morgan fingerprint density at radius 1 is 1.30 bits per heavy atom. The van der Waals surface area contributed by atoms with Gasteiger partial charge in [0.25, 0.3) is 0 Å². The predicted octanol–water partition coefficient (Wildman–Crippen LogP) is 2.48. The summed E-state index contributed by atoms with van der Waals surface area (Å²) < 4.78 is 10.7. The fraction of sp³-hybridized carbons (Fsp3) is 0.625. The second-order valence-corrected chi connectivity index (χ2v) is 5.44. The first kappa shape index (κ1) is 15.1. The van der Waals surface area contributed by atoms with Gasteiger partial charge >= 0.3 is 0 Å². The van der Waals surface area contributed by atoms with E-state index < -0.39 is 0 Å². The van der Waals surface area contributed by atoms with E-state index in [1.54, 1.807) is 14.2 Å². The van der Waals surface area contributed by atoms with Crippen LogP contribution < -0.4 is 20.5 Å². The second kappa shape index (κ2) is 7.50.